The minimum atomic E-state index is -2.19. The molecule has 2 N–H and O–H groups in total. The minimum Gasteiger partial charge on any atom is -0.494 e. The molecule has 1 aliphatic rings. The van der Waals surface area contributed by atoms with Crippen LogP contribution in [0.2, 0.25) is 5.02 Å². The molecule has 41 heavy (non-hydrogen) atoms. The number of halogens is 6. The predicted molar refractivity (Wildman–Crippen MR) is 153 cm³/mol. The van der Waals surface area contributed by atoms with Gasteiger partial charge in [0.15, 0.2) is 28.4 Å². The van der Waals surface area contributed by atoms with Crippen LogP contribution in [0, 0.1) is 29.1 Å². The van der Waals surface area contributed by atoms with Crippen molar-refractivity contribution in [2.24, 2.45) is 0 Å². The number of piperazine rings is 1. The first-order valence-electron chi connectivity index (χ1n) is 12.8. The number of carbonyl (C=O) groups is 1. The molecule has 0 atom stereocenters. The number of unbranched alkanes of at least 4 members (excludes halogenated alkanes) is 1. The number of ether oxygens (including phenoxy) is 1. The van der Waals surface area contributed by atoms with Gasteiger partial charge in [0, 0.05) is 37.4 Å². The topological polar surface area (TPSA) is 56.8 Å². The molecule has 1 heterocycles. The lowest BCUT2D eigenvalue weighted by atomic mass is 10.2. The Labute approximate surface area is 244 Å². The maximum atomic E-state index is 14.2. The van der Waals surface area contributed by atoms with E-state index in [2.05, 4.69) is 17.6 Å². The normalized spacial score (nSPS) is 13.2. The van der Waals surface area contributed by atoms with Gasteiger partial charge in [-0.25, -0.2) is 22.0 Å². The van der Waals surface area contributed by atoms with Crippen LogP contribution in [0.1, 0.15) is 30.1 Å². The van der Waals surface area contributed by atoms with Gasteiger partial charge >= 0.3 is 0 Å². The molecule has 0 radical (unpaired) electrons. The van der Waals surface area contributed by atoms with Crippen LogP contribution in [0.25, 0.3) is 0 Å². The highest BCUT2D eigenvalue weighted by Gasteiger charge is 2.31. The van der Waals surface area contributed by atoms with Crippen LogP contribution in [0.15, 0.2) is 42.5 Å². The number of benzene rings is 3. The number of nitrogens with zero attached hydrogens (tertiary/aromatic N) is 2. The minimum absolute atomic E-state index is 0.00333. The van der Waals surface area contributed by atoms with Crippen LogP contribution < -0.4 is 25.2 Å². The third-order valence-corrected chi connectivity index (χ3v) is 6.95. The van der Waals surface area contributed by atoms with Crippen molar-refractivity contribution in [2.45, 2.75) is 19.8 Å². The van der Waals surface area contributed by atoms with Crippen molar-refractivity contribution in [3.05, 3.63) is 82.1 Å². The molecule has 218 valence electrons. The first kappa shape index (κ1) is 30.3. The van der Waals surface area contributed by atoms with E-state index in [1.165, 1.54) is 0 Å². The molecule has 0 aromatic heterocycles. The molecular formula is C28H26ClF5N4O2S. The molecule has 0 aliphatic carbocycles. The third kappa shape index (κ3) is 6.99. The van der Waals surface area contributed by atoms with Crippen LogP contribution in [-0.4, -0.2) is 43.8 Å². The van der Waals surface area contributed by atoms with E-state index in [-0.39, 0.29) is 31.3 Å². The van der Waals surface area contributed by atoms with Crippen molar-refractivity contribution in [3.63, 3.8) is 0 Å². The lowest BCUT2D eigenvalue weighted by Crippen LogP contribution is -2.47. The molecule has 0 bridgehead atoms. The Hall–Kier alpha value is -3.64. The Morgan fingerprint density at radius 1 is 0.902 bits per heavy atom. The number of anilines is 3. The summed E-state index contributed by atoms with van der Waals surface area (Å²) in [5.41, 5.74) is 0.558. The van der Waals surface area contributed by atoms with Crippen LogP contribution in [0.4, 0.5) is 39.0 Å². The first-order chi connectivity index (χ1) is 19.6. The summed E-state index contributed by atoms with van der Waals surface area (Å²) in [7, 11) is 0. The van der Waals surface area contributed by atoms with Crippen molar-refractivity contribution >= 4 is 51.9 Å². The zero-order chi connectivity index (χ0) is 29.7. The van der Waals surface area contributed by atoms with Gasteiger partial charge in [-0.15, -0.1) is 0 Å². The summed E-state index contributed by atoms with van der Waals surface area (Å²) < 4.78 is 74.7. The highest BCUT2D eigenvalue weighted by Crippen LogP contribution is 2.33. The van der Waals surface area contributed by atoms with Gasteiger partial charge in [-0.1, -0.05) is 24.9 Å². The summed E-state index contributed by atoms with van der Waals surface area (Å²) in [4.78, 5) is 15.5. The van der Waals surface area contributed by atoms with E-state index in [4.69, 9.17) is 28.6 Å². The monoisotopic (exact) mass is 612 g/mol. The molecule has 3 aromatic carbocycles. The van der Waals surface area contributed by atoms with E-state index in [0.29, 0.717) is 34.3 Å². The first-order valence-corrected chi connectivity index (χ1v) is 13.5. The van der Waals surface area contributed by atoms with E-state index in [9.17, 15) is 26.7 Å². The number of hydrogen-bond acceptors (Lipinski definition) is 5. The van der Waals surface area contributed by atoms with Gasteiger partial charge in [0.2, 0.25) is 5.82 Å². The van der Waals surface area contributed by atoms with Gasteiger partial charge in [0.25, 0.3) is 5.91 Å². The van der Waals surface area contributed by atoms with Gasteiger partial charge < -0.3 is 19.9 Å². The number of carbonyl (C=O) groups excluding carboxylic acids is 1. The van der Waals surface area contributed by atoms with Gasteiger partial charge in [-0.3, -0.25) is 10.1 Å². The van der Waals surface area contributed by atoms with Gasteiger partial charge in [-0.2, -0.15) is 0 Å². The molecular weight excluding hydrogens is 587 g/mol. The second kappa shape index (κ2) is 13.3. The van der Waals surface area contributed by atoms with E-state index in [1.54, 1.807) is 42.5 Å². The van der Waals surface area contributed by atoms with Gasteiger partial charge in [0.05, 0.1) is 17.3 Å². The Bertz CT molecular complexity index is 1410. The molecule has 1 saturated heterocycles. The fourth-order valence-electron chi connectivity index (χ4n) is 4.26. The smallest absolute Gasteiger partial charge is 0.257 e. The third-order valence-electron chi connectivity index (χ3n) is 6.44. The lowest BCUT2D eigenvalue weighted by Gasteiger charge is -2.38. The molecule has 1 aliphatic heterocycles. The number of rotatable bonds is 8. The molecule has 1 fully saturated rings. The highest BCUT2D eigenvalue weighted by molar-refractivity contribution is 7.80. The standard InChI is InChI=1S/C28H26ClF5N4O2S/c1-2-3-14-40-18-7-4-16(5-8-18)27(39)36-28(41)35-17-6-9-20(19(29)15-17)37-10-12-38(13-11-37)26-24(33)22(31)21(30)23(32)25(26)34/h4-9,15H,2-3,10-14H2,1H3,(H2,35,36,39,41). The van der Waals surface area contributed by atoms with Crippen molar-refractivity contribution in [1.82, 2.24) is 5.32 Å². The number of thiocarbonyl (C=S) groups is 1. The average molecular weight is 613 g/mol. The summed E-state index contributed by atoms with van der Waals surface area (Å²) in [6.07, 6.45) is 1.96. The predicted octanol–water partition coefficient (Wildman–Crippen LogP) is 6.67. The van der Waals surface area contributed by atoms with Gasteiger partial charge in [0.1, 0.15) is 11.4 Å². The van der Waals surface area contributed by atoms with E-state index in [1.807, 2.05) is 4.90 Å². The molecule has 1 amide bonds. The van der Waals surface area contributed by atoms with E-state index in [0.717, 1.165) is 17.7 Å². The zero-order valence-electron chi connectivity index (χ0n) is 21.9. The molecule has 6 nitrogen and oxygen atoms in total. The largest absolute Gasteiger partial charge is 0.494 e. The molecule has 4 rings (SSSR count). The van der Waals surface area contributed by atoms with Crippen LogP contribution in [0.5, 0.6) is 5.75 Å². The number of amides is 1. The Balaban J connectivity index is 1.33. The maximum absolute atomic E-state index is 14.2. The second-order valence-electron chi connectivity index (χ2n) is 9.19. The van der Waals surface area contributed by atoms with Crippen molar-refractivity contribution in [3.8, 4) is 5.75 Å². The highest BCUT2D eigenvalue weighted by atomic mass is 35.5. The summed E-state index contributed by atoms with van der Waals surface area (Å²) in [6.45, 7) is 3.09. The second-order valence-corrected chi connectivity index (χ2v) is 10.0. The Morgan fingerprint density at radius 2 is 1.49 bits per heavy atom. The lowest BCUT2D eigenvalue weighted by molar-refractivity contribution is 0.0977. The molecule has 0 unspecified atom stereocenters. The SMILES string of the molecule is CCCCOc1ccc(C(=O)NC(=S)Nc2ccc(N3CCN(c4c(F)c(F)c(F)c(F)c4F)CC3)c(Cl)c2)cc1. The average Bonchev–Trinajstić information content (AvgIpc) is 2.96. The molecule has 0 spiro atoms. The van der Waals surface area contributed by atoms with Crippen molar-refractivity contribution < 1.29 is 31.5 Å². The summed E-state index contributed by atoms with van der Waals surface area (Å²) >= 11 is 11.7. The summed E-state index contributed by atoms with van der Waals surface area (Å²) in [5.74, 6) is -9.61. The molecule has 0 saturated carbocycles. The summed E-state index contributed by atoms with van der Waals surface area (Å²) in [6, 6.07) is 11.7. The Kier molecular flexibility index (Phi) is 9.87. The van der Waals surface area contributed by atoms with E-state index >= 15 is 0 Å². The maximum Gasteiger partial charge on any atom is 0.257 e. The fraction of sp³-hybridized carbons (Fsp3) is 0.286. The van der Waals surface area contributed by atoms with Gasteiger partial charge in [-0.05, 0) is 61.1 Å². The van der Waals surface area contributed by atoms with Crippen LogP contribution in [-0.2, 0) is 0 Å². The number of nitrogens with one attached hydrogen (secondary N) is 2. The van der Waals surface area contributed by atoms with Crippen molar-refractivity contribution in [1.29, 1.82) is 0 Å². The fourth-order valence-corrected chi connectivity index (χ4v) is 4.77. The van der Waals surface area contributed by atoms with Crippen molar-refractivity contribution in [2.75, 3.05) is 47.9 Å². The molecule has 3 aromatic rings. The number of hydrogen-bond donors (Lipinski definition) is 2. The van der Waals surface area contributed by atoms with E-state index < -0.39 is 40.7 Å². The van der Waals surface area contributed by atoms with Crippen LogP contribution >= 0.6 is 23.8 Å². The van der Waals surface area contributed by atoms with Crippen LogP contribution in [0.3, 0.4) is 0 Å². The molecule has 13 heteroatoms. The summed E-state index contributed by atoms with van der Waals surface area (Å²) in [5, 5.41) is 5.87. The Morgan fingerprint density at radius 3 is 2.07 bits per heavy atom. The zero-order valence-corrected chi connectivity index (χ0v) is 23.5. The quantitative estimate of drug-likeness (QED) is 0.0975.